The van der Waals surface area contributed by atoms with Crippen LogP contribution in [-0.2, 0) is 11.3 Å². The fourth-order valence-electron chi connectivity index (χ4n) is 2.04. The fourth-order valence-corrected chi connectivity index (χ4v) is 2.22. The van der Waals surface area contributed by atoms with Crippen LogP contribution in [0.5, 0.6) is 0 Å². The van der Waals surface area contributed by atoms with E-state index in [9.17, 15) is 4.39 Å². The van der Waals surface area contributed by atoms with Crippen molar-refractivity contribution in [2.45, 2.75) is 12.6 Å². The number of hydrogen-bond acceptors (Lipinski definition) is 3. The lowest BCUT2D eigenvalue weighted by molar-refractivity contribution is -0.0182. The van der Waals surface area contributed by atoms with E-state index in [2.05, 4.69) is 17.3 Å². The number of nitrogens with zero attached hydrogens (tertiary/aromatic N) is 1. The predicted octanol–water partition coefficient (Wildman–Crippen LogP) is 1.90. The molecule has 1 aromatic rings. The lowest BCUT2D eigenvalue weighted by Crippen LogP contribution is -2.44. The number of halogens is 2. The summed E-state index contributed by atoms with van der Waals surface area (Å²) in [5.74, 6) is -0.259. The molecule has 2 rings (SSSR count). The van der Waals surface area contributed by atoms with E-state index in [1.165, 1.54) is 12.1 Å². The van der Waals surface area contributed by atoms with Crippen molar-refractivity contribution < 1.29 is 9.13 Å². The topological polar surface area (TPSA) is 24.5 Å². The van der Waals surface area contributed by atoms with Gasteiger partial charge in [-0.2, -0.15) is 0 Å². The Morgan fingerprint density at radius 2 is 2.39 bits per heavy atom. The Labute approximate surface area is 112 Å². The summed E-state index contributed by atoms with van der Waals surface area (Å²) in [6.07, 6.45) is 0.191. The zero-order chi connectivity index (χ0) is 13.0. The molecule has 0 amide bonds. The first kappa shape index (κ1) is 13.7. The molecule has 3 nitrogen and oxygen atoms in total. The second-order valence-corrected chi connectivity index (χ2v) is 5.03. The maximum absolute atomic E-state index is 13.1. The Kier molecular flexibility index (Phi) is 4.95. The first-order chi connectivity index (χ1) is 8.65. The average Bonchev–Trinajstić information content (AvgIpc) is 2.34. The normalized spacial score (nSPS) is 21.2. The van der Waals surface area contributed by atoms with Gasteiger partial charge in [-0.3, -0.25) is 0 Å². The van der Waals surface area contributed by atoms with Crippen molar-refractivity contribution in [2.24, 2.45) is 0 Å². The summed E-state index contributed by atoms with van der Waals surface area (Å²) < 4.78 is 18.7. The van der Waals surface area contributed by atoms with Crippen molar-refractivity contribution in [2.75, 3.05) is 33.3 Å². The molecule has 0 bridgehead atoms. The standard InChI is InChI=1S/C13H18ClFN2O/c1-17-4-5-18-12(9-17)8-16-7-10-6-11(15)2-3-13(10)14/h2-3,6,12,16H,4-5,7-9H2,1H3. The van der Waals surface area contributed by atoms with E-state index in [1.54, 1.807) is 6.07 Å². The summed E-state index contributed by atoms with van der Waals surface area (Å²) in [6.45, 7) is 3.97. The summed E-state index contributed by atoms with van der Waals surface area (Å²) in [5, 5.41) is 3.85. The molecule has 1 N–H and O–H groups in total. The molecule has 1 fully saturated rings. The fraction of sp³-hybridized carbons (Fsp3) is 0.538. The van der Waals surface area contributed by atoms with Crippen LogP contribution in [0.4, 0.5) is 4.39 Å². The molecule has 1 saturated heterocycles. The number of rotatable bonds is 4. The van der Waals surface area contributed by atoms with Gasteiger partial charge in [0, 0.05) is 31.2 Å². The third-order valence-electron chi connectivity index (χ3n) is 3.04. The maximum atomic E-state index is 13.1. The van der Waals surface area contributed by atoms with E-state index in [1.807, 2.05) is 0 Å². The van der Waals surface area contributed by atoms with Gasteiger partial charge in [-0.15, -0.1) is 0 Å². The highest BCUT2D eigenvalue weighted by Gasteiger charge is 2.17. The molecule has 0 spiro atoms. The van der Waals surface area contributed by atoms with Gasteiger partial charge < -0.3 is 15.0 Å². The van der Waals surface area contributed by atoms with Gasteiger partial charge in [-0.05, 0) is 30.8 Å². The largest absolute Gasteiger partial charge is 0.374 e. The Morgan fingerprint density at radius 3 is 3.17 bits per heavy atom. The number of nitrogens with one attached hydrogen (secondary N) is 1. The third kappa shape index (κ3) is 3.92. The van der Waals surface area contributed by atoms with E-state index in [4.69, 9.17) is 16.3 Å². The van der Waals surface area contributed by atoms with Gasteiger partial charge in [-0.1, -0.05) is 11.6 Å². The van der Waals surface area contributed by atoms with Gasteiger partial charge in [0.1, 0.15) is 5.82 Å². The van der Waals surface area contributed by atoms with Crippen LogP contribution in [0.3, 0.4) is 0 Å². The van der Waals surface area contributed by atoms with Crippen molar-refractivity contribution in [3.63, 3.8) is 0 Å². The maximum Gasteiger partial charge on any atom is 0.123 e. The molecule has 0 aromatic heterocycles. The highest BCUT2D eigenvalue weighted by Crippen LogP contribution is 2.16. The first-order valence-corrected chi connectivity index (χ1v) is 6.48. The molecule has 100 valence electrons. The SMILES string of the molecule is CN1CCOC(CNCc2cc(F)ccc2Cl)C1. The number of benzene rings is 1. The van der Waals surface area contributed by atoms with E-state index in [0.29, 0.717) is 11.6 Å². The van der Waals surface area contributed by atoms with Crippen molar-refractivity contribution in [3.8, 4) is 0 Å². The molecule has 5 heteroatoms. The Balaban J connectivity index is 1.79. The van der Waals surface area contributed by atoms with Gasteiger partial charge in [0.05, 0.1) is 12.7 Å². The molecular weight excluding hydrogens is 255 g/mol. The molecule has 1 atom stereocenters. The van der Waals surface area contributed by atoms with Crippen molar-refractivity contribution >= 4 is 11.6 Å². The highest BCUT2D eigenvalue weighted by molar-refractivity contribution is 6.31. The summed E-state index contributed by atoms with van der Waals surface area (Å²) in [6, 6.07) is 4.41. The number of hydrogen-bond donors (Lipinski definition) is 1. The van der Waals surface area contributed by atoms with Gasteiger partial charge in [0.25, 0.3) is 0 Å². The molecule has 0 radical (unpaired) electrons. The van der Waals surface area contributed by atoms with Crippen LogP contribution in [0.1, 0.15) is 5.56 Å². The van der Waals surface area contributed by atoms with Crippen LogP contribution in [0.2, 0.25) is 5.02 Å². The monoisotopic (exact) mass is 272 g/mol. The van der Waals surface area contributed by atoms with Crippen LogP contribution >= 0.6 is 11.6 Å². The van der Waals surface area contributed by atoms with Gasteiger partial charge in [0.15, 0.2) is 0 Å². The summed E-state index contributed by atoms with van der Waals surface area (Å²) >= 11 is 5.99. The number of likely N-dealkylation sites (N-methyl/N-ethyl adjacent to an activating group) is 1. The first-order valence-electron chi connectivity index (χ1n) is 6.10. The van der Waals surface area contributed by atoms with Gasteiger partial charge in [-0.25, -0.2) is 4.39 Å². The van der Waals surface area contributed by atoms with Gasteiger partial charge >= 0.3 is 0 Å². The lowest BCUT2D eigenvalue weighted by Gasteiger charge is -2.30. The predicted molar refractivity (Wildman–Crippen MR) is 70.4 cm³/mol. The molecule has 0 saturated carbocycles. The second kappa shape index (κ2) is 6.48. The zero-order valence-corrected chi connectivity index (χ0v) is 11.2. The lowest BCUT2D eigenvalue weighted by atomic mass is 10.2. The van der Waals surface area contributed by atoms with E-state index < -0.39 is 0 Å². The quantitative estimate of drug-likeness (QED) is 0.906. The van der Waals surface area contributed by atoms with E-state index >= 15 is 0 Å². The molecule has 1 aliphatic rings. The molecular formula is C13H18ClFN2O. The molecule has 1 aromatic carbocycles. The number of morpholine rings is 1. The zero-order valence-electron chi connectivity index (χ0n) is 10.5. The van der Waals surface area contributed by atoms with Crippen LogP contribution in [0, 0.1) is 5.82 Å². The van der Waals surface area contributed by atoms with Crippen molar-refractivity contribution in [3.05, 3.63) is 34.6 Å². The van der Waals surface area contributed by atoms with Crippen LogP contribution in [0.25, 0.3) is 0 Å². The Morgan fingerprint density at radius 1 is 1.56 bits per heavy atom. The smallest absolute Gasteiger partial charge is 0.123 e. The Bertz CT molecular complexity index is 403. The molecule has 0 aliphatic carbocycles. The summed E-state index contributed by atoms with van der Waals surface area (Å²) in [4.78, 5) is 2.24. The van der Waals surface area contributed by atoms with E-state index in [0.717, 1.165) is 31.8 Å². The van der Waals surface area contributed by atoms with Crippen LogP contribution in [0.15, 0.2) is 18.2 Å². The molecule has 18 heavy (non-hydrogen) atoms. The minimum atomic E-state index is -0.259. The minimum absolute atomic E-state index is 0.191. The molecule has 1 aliphatic heterocycles. The van der Waals surface area contributed by atoms with Gasteiger partial charge in [0.2, 0.25) is 0 Å². The van der Waals surface area contributed by atoms with Crippen molar-refractivity contribution in [1.82, 2.24) is 10.2 Å². The highest BCUT2D eigenvalue weighted by atomic mass is 35.5. The second-order valence-electron chi connectivity index (χ2n) is 4.62. The van der Waals surface area contributed by atoms with Crippen molar-refractivity contribution in [1.29, 1.82) is 0 Å². The van der Waals surface area contributed by atoms with Crippen LogP contribution < -0.4 is 5.32 Å². The molecule has 1 heterocycles. The third-order valence-corrected chi connectivity index (χ3v) is 3.41. The molecule has 1 unspecified atom stereocenters. The van der Waals surface area contributed by atoms with E-state index in [-0.39, 0.29) is 11.9 Å². The average molecular weight is 273 g/mol. The van der Waals surface area contributed by atoms with Crippen LogP contribution in [-0.4, -0.2) is 44.3 Å². The Hall–Kier alpha value is -0.680. The summed E-state index contributed by atoms with van der Waals surface area (Å²) in [7, 11) is 2.08. The number of ether oxygens (including phenoxy) is 1. The minimum Gasteiger partial charge on any atom is -0.374 e. The summed E-state index contributed by atoms with van der Waals surface area (Å²) in [5.41, 5.74) is 0.779.